The quantitative estimate of drug-likeness (QED) is 0.0235. The maximum absolute atomic E-state index is 12.6. The molecule has 0 aliphatic carbocycles. The maximum atomic E-state index is 12.6. The van der Waals surface area contributed by atoms with Gasteiger partial charge in [-0.25, -0.2) is 4.57 Å². The summed E-state index contributed by atoms with van der Waals surface area (Å²) in [4.78, 5) is 35.0. The van der Waals surface area contributed by atoms with Crippen LogP contribution in [0.3, 0.4) is 0 Å². The number of aliphatic hydroxyl groups is 2. The van der Waals surface area contributed by atoms with Crippen LogP contribution in [0.1, 0.15) is 213 Å². The minimum atomic E-state index is -4.62. The van der Waals surface area contributed by atoms with Crippen LogP contribution < -0.4 is 0 Å². The van der Waals surface area contributed by atoms with Crippen molar-refractivity contribution < 1.29 is 47.8 Å². The van der Waals surface area contributed by atoms with Crippen molar-refractivity contribution in [3.8, 4) is 0 Å². The van der Waals surface area contributed by atoms with Gasteiger partial charge in [0.15, 0.2) is 6.10 Å². The average molecular weight is 817 g/mol. The summed E-state index contributed by atoms with van der Waals surface area (Å²) in [5.41, 5.74) is 0. The molecule has 0 saturated carbocycles. The average Bonchev–Trinajstić information content (AvgIpc) is 3.19. The third-order valence-corrected chi connectivity index (χ3v) is 10.8. The van der Waals surface area contributed by atoms with E-state index in [9.17, 15) is 24.2 Å². The monoisotopic (exact) mass is 817 g/mol. The van der Waals surface area contributed by atoms with Crippen molar-refractivity contribution in [2.75, 3.05) is 26.4 Å². The van der Waals surface area contributed by atoms with Gasteiger partial charge < -0.3 is 24.6 Å². The fraction of sp³-hybridized carbons (Fsp3) is 0.867. The van der Waals surface area contributed by atoms with Gasteiger partial charge in [0.1, 0.15) is 12.7 Å². The molecule has 0 saturated heterocycles. The molecule has 3 atom stereocenters. The lowest BCUT2D eigenvalue weighted by Gasteiger charge is -2.20. The van der Waals surface area contributed by atoms with Crippen LogP contribution >= 0.6 is 7.82 Å². The Labute approximate surface area is 342 Å². The first kappa shape index (κ1) is 54.5. The Morgan fingerprint density at radius 2 is 0.929 bits per heavy atom. The molecule has 0 bridgehead atoms. The molecule has 0 amide bonds. The highest BCUT2D eigenvalue weighted by molar-refractivity contribution is 7.47. The van der Waals surface area contributed by atoms with Crippen molar-refractivity contribution in [2.24, 2.45) is 0 Å². The van der Waals surface area contributed by atoms with E-state index >= 15 is 0 Å². The highest BCUT2D eigenvalue weighted by Gasteiger charge is 2.27. The van der Waals surface area contributed by atoms with E-state index in [-0.39, 0.29) is 19.4 Å². The summed E-state index contributed by atoms with van der Waals surface area (Å²) in [5, 5.41) is 18.3. The van der Waals surface area contributed by atoms with Gasteiger partial charge in [0.05, 0.1) is 19.8 Å². The largest absolute Gasteiger partial charge is 0.472 e. The molecule has 0 aromatic heterocycles. The zero-order chi connectivity index (χ0) is 41.2. The second-order valence-electron chi connectivity index (χ2n) is 15.4. The molecule has 0 heterocycles. The number of esters is 2. The molecule has 0 aliphatic rings. The van der Waals surface area contributed by atoms with Crippen molar-refractivity contribution in [3.63, 3.8) is 0 Å². The van der Waals surface area contributed by atoms with Crippen molar-refractivity contribution in [3.05, 3.63) is 24.3 Å². The summed E-state index contributed by atoms with van der Waals surface area (Å²) in [6.45, 7) is 2.37. The Kier molecular flexibility index (Phi) is 40.5. The lowest BCUT2D eigenvalue weighted by molar-refractivity contribution is -0.161. The molecular weight excluding hydrogens is 731 g/mol. The van der Waals surface area contributed by atoms with Gasteiger partial charge in [0, 0.05) is 12.8 Å². The molecule has 3 unspecified atom stereocenters. The summed E-state index contributed by atoms with van der Waals surface area (Å²) >= 11 is 0. The van der Waals surface area contributed by atoms with E-state index in [0.29, 0.717) is 12.8 Å². The molecule has 0 radical (unpaired) electrons. The Morgan fingerprint density at radius 1 is 0.536 bits per heavy atom. The normalized spacial score (nSPS) is 14.0. The van der Waals surface area contributed by atoms with Gasteiger partial charge in [-0.15, -0.1) is 0 Å². The zero-order valence-electron chi connectivity index (χ0n) is 35.9. The lowest BCUT2D eigenvalue weighted by atomic mass is 10.0. The van der Waals surface area contributed by atoms with E-state index in [1.807, 2.05) is 0 Å². The summed E-state index contributed by atoms with van der Waals surface area (Å²) in [6, 6.07) is 0. The molecule has 0 aromatic carbocycles. The molecule has 56 heavy (non-hydrogen) atoms. The molecule has 0 fully saturated rings. The standard InChI is InChI=1S/C45H85O10P/c1-3-5-7-9-11-13-15-17-19-21-23-25-27-29-31-33-35-37-45(49)55-43(41-54-56(50,51)53-39-42(47)38-46)40-52-44(48)36-34-32-30-28-26-24-22-20-18-16-14-12-10-8-6-4-2/h11,13,17,19,42-43,46-47H,3-10,12,14-16,18,20-41H2,1-2H3,(H,50,51)/b13-11-,19-17-. The molecule has 330 valence electrons. The number of carbonyl (C=O) groups is 2. The number of ether oxygens (including phenoxy) is 2. The van der Waals surface area contributed by atoms with E-state index < -0.39 is 51.8 Å². The summed E-state index contributed by atoms with van der Waals surface area (Å²) < 4.78 is 32.8. The van der Waals surface area contributed by atoms with Crippen LogP contribution in [-0.4, -0.2) is 65.7 Å². The SMILES string of the molecule is CCCCC/C=C\C/C=C\CCCCCCCCCC(=O)OC(COC(=O)CCCCCCCCCCCCCCCCCC)COP(=O)(O)OCC(O)CO. The van der Waals surface area contributed by atoms with E-state index in [1.165, 1.54) is 122 Å². The van der Waals surface area contributed by atoms with Crippen molar-refractivity contribution in [1.29, 1.82) is 0 Å². The van der Waals surface area contributed by atoms with Crippen LogP contribution in [0.5, 0.6) is 0 Å². The lowest BCUT2D eigenvalue weighted by Crippen LogP contribution is -2.29. The first-order chi connectivity index (χ1) is 27.2. The minimum Gasteiger partial charge on any atom is -0.462 e. The Hall–Kier alpha value is -1.55. The van der Waals surface area contributed by atoms with Gasteiger partial charge >= 0.3 is 19.8 Å². The highest BCUT2D eigenvalue weighted by Crippen LogP contribution is 2.43. The number of rotatable bonds is 43. The number of carbonyl (C=O) groups excluding carboxylic acids is 2. The fourth-order valence-corrected chi connectivity index (χ4v) is 7.11. The van der Waals surface area contributed by atoms with Crippen molar-refractivity contribution in [2.45, 2.75) is 225 Å². The molecule has 3 N–H and O–H groups in total. The molecular formula is C45H85O10P. The van der Waals surface area contributed by atoms with Gasteiger partial charge in [0.2, 0.25) is 0 Å². The molecule has 0 aliphatic heterocycles. The second kappa shape index (κ2) is 41.6. The number of phosphoric ester groups is 1. The predicted octanol–water partition coefficient (Wildman–Crippen LogP) is 12.2. The van der Waals surface area contributed by atoms with Gasteiger partial charge in [-0.05, 0) is 44.9 Å². The van der Waals surface area contributed by atoms with Crippen LogP contribution in [0.25, 0.3) is 0 Å². The van der Waals surface area contributed by atoms with Crippen LogP contribution in [-0.2, 0) is 32.7 Å². The van der Waals surface area contributed by atoms with Crippen LogP contribution in [0.15, 0.2) is 24.3 Å². The number of allylic oxidation sites excluding steroid dienone is 4. The van der Waals surface area contributed by atoms with Gasteiger partial charge in [0.25, 0.3) is 0 Å². The summed E-state index contributed by atoms with van der Waals surface area (Å²) in [7, 11) is -4.62. The number of hydrogen-bond acceptors (Lipinski definition) is 9. The molecule has 11 heteroatoms. The number of phosphoric acid groups is 1. The Bertz CT molecular complexity index is 988. The fourth-order valence-electron chi connectivity index (χ4n) is 6.32. The van der Waals surface area contributed by atoms with Crippen molar-refractivity contribution in [1.82, 2.24) is 0 Å². The van der Waals surface area contributed by atoms with E-state index in [2.05, 4.69) is 38.2 Å². The Balaban J connectivity index is 4.26. The van der Waals surface area contributed by atoms with Crippen LogP contribution in [0.2, 0.25) is 0 Å². The second-order valence-corrected chi connectivity index (χ2v) is 16.9. The van der Waals surface area contributed by atoms with Crippen LogP contribution in [0.4, 0.5) is 0 Å². The molecule has 0 aromatic rings. The van der Waals surface area contributed by atoms with E-state index in [1.54, 1.807) is 0 Å². The molecule has 0 spiro atoms. The van der Waals surface area contributed by atoms with Gasteiger partial charge in [-0.1, -0.05) is 179 Å². The maximum Gasteiger partial charge on any atom is 0.472 e. The van der Waals surface area contributed by atoms with Gasteiger partial charge in [-0.2, -0.15) is 0 Å². The molecule has 0 rings (SSSR count). The highest BCUT2D eigenvalue weighted by atomic mass is 31.2. The van der Waals surface area contributed by atoms with E-state index in [0.717, 1.165) is 51.4 Å². The summed E-state index contributed by atoms with van der Waals surface area (Å²) in [5.74, 6) is -0.924. The minimum absolute atomic E-state index is 0.178. The van der Waals surface area contributed by atoms with Crippen molar-refractivity contribution >= 4 is 19.8 Å². The molecule has 10 nitrogen and oxygen atoms in total. The number of hydrogen-bond donors (Lipinski definition) is 3. The third kappa shape index (κ3) is 40.6. The van der Waals surface area contributed by atoms with Crippen LogP contribution in [0, 0.1) is 0 Å². The predicted molar refractivity (Wildman–Crippen MR) is 228 cm³/mol. The Morgan fingerprint density at radius 3 is 1.41 bits per heavy atom. The summed E-state index contributed by atoms with van der Waals surface area (Å²) in [6.07, 6.45) is 41.3. The van der Waals surface area contributed by atoms with E-state index in [4.69, 9.17) is 23.6 Å². The smallest absolute Gasteiger partial charge is 0.462 e. The zero-order valence-corrected chi connectivity index (χ0v) is 36.8. The third-order valence-electron chi connectivity index (χ3n) is 9.86. The first-order valence-electron chi connectivity index (χ1n) is 22.8. The first-order valence-corrected chi connectivity index (χ1v) is 24.3. The topological polar surface area (TPSA) is 149 Å². The number of aliphatic hydroxyl groups excluding tert-OH is 2. The number of unbranched alkanes of at least 4 members (excludes halogenated alkanes) is 25. The van der Waals surface area contributed by atoms with Gasteiger partial charge in [-0.3, -0.25) is 18.6 Å².